The van der Waals surface area contributed by atoms with E-state index in [0.717, 1.165) is 0 Å². The van der Waals surface area contributed by atoms with Gasteiger partial charge in [0.2, 0.25) is 0 Å². The van der Waals surface area contributed by atoms with Gasteiger partial charge in [0.25, 0.3) is 5.91 Å². The van der Waals surface area contributed by atoms with E-state index in [0.29, 0.717) is 68.4 Å². The molecule has 2 saturated heterocycles. The smallest absolute Gasteiger partial charge is 0.257 e. The molecule has 3 rings (SSSR count). The van der Waals surface area contributed by atoms with Crippen molar-refractivity contribution in [2.24, 2.45) is 5.73 Å². The Morgan fingerprint density at radius 3 is 2.78 bits per heavy atom. The largest absolute Gasteiger partial charge is 0.491 e. The first-order valence-electron chi connectivity index (χ1n) is 9.25. The third-order valence-electron chi connectivity index (χ3n) is 5.53. The van der Waals surface area contributed by atoms with Crippen LogP contribution in [0.2, 0.25) is 5.02 Å². The van der Waals surface area contributed by atoms with Gasteiger partial charge in [0.05, 0.1) is 17.8 Å². The molecular weight excluding hydrogens is 372 g/mol. The molecule has 0 unspecified atom stereocenters. The first-order chi connectivity index (χ1) is 12.8. The van der Waals surface area contributed by atoms with Gasteiger partial charge in [0, 0.05) is 31.1 Å². The van der Waals surface area contributed by atoms with Gasteiger partial charge in [0.1, 0.15) is 24.1 Å². The van der Waals surface area contributed by atoms with Gasteiger partial charge in [0.15, 0.2) is 0 Å². The van der Waals surface area contributed by atoms with E-state index in [2.05, 4.69) is 0 Å². The Hall–Kier alpha value is -1.38. The molecule has 8 heteroatoms. The maximum atomic E-state index is 13.0. The van der Waals surface area contributed by atoms with E-state index in [9.17, 15) is 15.0 Å². The molecule has 1 amide bonds. The highest BCUT2D eigenvalue weighted by Crippen LogP contribution is 2.40. The summed E-state index contributed by atoms with van der Waals surface area (Å²) in [6, 6.07) is 4.93. The first-order valence-corrected chi connectivity index (χ1v) is 9.63. The number of hydrogen-bond acceptors (Lipinski definition) is 6. The van der Waals surface area contributed by atoms with Crippen molar-refractivity contribution < 1.29 is 24.5 Å². The van der Waals surface area contributed by atoms with Crippen LogP contribution in [-0.2, 0) is 4.74 Å². The number of amides is 1. The van der Waals surface area contributed by atoms with Gasteiger partial charge in [-0.3, -0.25) is 4.79 Å². The van der Waals surface area contributed by atoms with Crippen LogP contribution in [-0.4, -0.2) is 71.2 Å². The van der Waals surface area contributed by atoms with E-state index < -0.39 is 17.3 Å². The summed E-state index contributed by atoms with van der Waals surface area (Å²) >= 11 is 6.07. The van der Waals surface area contributed by atoms with Crippen LogP contribution >= 0.6 is 11.6 Å². The molecule has 2 heterocycles. The molecule has 1 aromatic rings. The third kappa shape index (κ3) is 4.07. The Morgan fingerprint density at radius 2 is 2.11 bits per heavy atom. The van der Waals surface area contributed by atoms with Gasteiger partial charge in [-0.2, -0.15) is 0 Å². The lowest BCUT2D eigenvalue weighted by atomic mass is 9.75. The minimum atomic E-state index is -1.18. The highest BCUT2D eigenvalue weighted by atomic mass is 35.5. The lowest BCUT2D eigenvalue weighted by molar-refractivity contribution is -0.244. The van der Waals surface area contributed by atoms with Crippen molar-refractivity contribution in [2.45, 2.75) is 43.5 Å². The lowest BCUT2D eigenvalue weighted by Crippen LogP contribution is -2.64. The number of nitrogens with zero attached hydrogens (tertiary/aromatic N) is 1. The molecule has 2 atom stereocenters. The van der Waals surface area contributed by atoms with E-state index in [1.165, 1.54) is 0 Å². The molecule has 1 aromatic carbocycles. The van der Waals surface area contributed by atoms with E-state index in [1.54, 1.807) is 30.0 Å². The number of carbonyl (C=O) groups excluding carboxylic acids is 1. The third-order valence-corrected chi connectivity index (χ3v) is 5.76. The van der Waals surface area contributed by atoms with E-state index in [4.69, 9.17) is 26.8 Å². The Morgan fingerprint density at radius 1 is 1.41 bits per heavy atom. The summed E-state index contributed by atoms with van der Waals surface area (Å²) in [7, 11) is 0. The molecule has 150 valence electrons. The van der Waals surface area contributed by atoms with Crippen LogP contribution in [0.1, 0.15) is 36.5 Å². The van der Waals surface area contributed by atoms with Crippen LogP contribution in [0.4, 0.5) is 0 Å². The van der Waals surface area contributed by atoms with Crippen LogP contribution in [0.3, 0.4) is 0 Å². The summed E-state index contributed by atoms with van der Waals surface area (Å²) in [5.74, 6) is 0.267. The molecule has 0 aliphatic carbocycles. The second kappa shape index (κ2) is 7.93. The van der Waals surface area contributed by atoms with E-state index in [-0.39, 0.29) is 5.91 Å². The fraction of sp³-hybridized carbons (Fsp3) is 0.632. The maximum absolute atomic E-state index is 13.0. The van der Waals surface area contributed by atoms with Gasteiger partial charge in [-0.15, -0.1) is 0 Å². The molecule has 2 aliphatic heterocycles. The zero-order valence-electron chi connectivity index (χ0n) is 15.5. The highest BCUT2D eigenvalue weighted by molar-refractivity contribution is 6.31. The minimum absolute atomic E-state index is 0.184. The molecule has 2 fully saturated rings. The SMILES string of the molecule is C[C@@]1(O)CCOC2(CCN(C(=O)c3cc(Cl)ccc3OCCN)CC2)[C@H]1O. The van der Waals surface area contributed by atoms with E-state index in [1.807, 2.05) is 0 Å². The molecule has 7 nitrogen and oxygen atoms in total. The van der Waals surface area contributed by atoms with Crippen molar-refractivity contribution in [3.63, 3.8) is 0 Å². The maximum Gasteiger partial charge on any atom is 0.257 e. The quantitative estimate of drug-likeness (QED) is 0.703. The zero-order valence-corrected chi connectivity index (χ0v) is 16.2. The number of aliphatic hydroxyl groups is 2. The van der Waals surface area contributed by atoms with E-state index >= 15 is 0 Å². The second-order valence-corrected chi connectivity index (χ2v) is 7.93. The minimum Gasteiger partial charge on any atom is -0.491 e. The van der Waals surface area contributed by atoms with Crippen molar-refractivity contribution in [1.82, 2.24) is 4.90 Å². The fourth-order valence-electron chi connectivity index (χ4n) is 3.88. The number of nitrogens with two attached hydrogens (primary N) is 1. The summed E-state index contributed by atoms with van der Waals surface area (Å²) in [6.45, 7) is 3.50. The molecule has 0 bridgehead atoms. The monoisotopic (exact) mass is 398 g/mol. The Balaban J connectivity index is 1.73. The predicted molar refractivity (Wildman–Crippen MR) is 101 cm³/mol. The Labute approximate surface area is 164 Å². The number of hydrogen-bond donors (Lipinski definition) is 3. The summed E-state index contributed by atoms with van der Waals surface area (Å²) in [4.78, 5) is 14.7. The van der Waals surface area contributed by atoms with Crippen LogP contribution in [0, 0.1) is 0 Å². The molecule has 0 saturated carbocycles. The first kappa shape index (κ1) is 20.4. The average Bonchev–Trinajstić information content (AvgIpc) is 2.65. The number of piperidine rings is 1. The normalized spacial score (nSPS) is 27.6. The molecule has 0 aromatic heterocycles. The topological polar surface area (TPSA) is 105 Å². The number of halogens is 1. The number of benzene rings is 1. The van der Waals surface area contributed by atoms with Gasteiger partial charge >= 0.3 is 0 Å². The molecular formula is C19H27ClN2O5. The van der Waals surface area contributed by atoms with Gasteiger partial charge in [-0.1, -0.05) is 11.6 Å². The lowest BCUT2D eigenvalue weighted by Gasteiger charge is -2.51. The molecule has 4 N–H and O–H groups in total. The number of likely N-dealkylation sites (tertiary alicyclic amines) is 1. The summed E-state index contributed by atoms with van der Waals surface area (Å²) in [5.41, 5.74) is 3.88. The van der Waals surface area contributed by atoms with Gasteiger partial charge < -0.3 is 30.3 Å². The summed E-state index contributed by atoms with van der Waals surface area (Å²) in [6.07, 6.45) is 0.319. The van der Waals surface area contributed by atoms with Crippen molar-refractivity contribution in [2.75, 3.05) is 32.8 Å². The standard InChI is InChI=1S/C19H27ClN2O5/c1-18(25)6-10-27-19(17(18)24)4-8-22(9-5-19)16(23)14-12-13(20)2-3-15(14)26-11-7-21/h2-3,12,17,24-25H,4-11,21H2,1H3/t17-,18+/m0/s1. The predicted octanol–water partition coefficient (Wildman–Crippen LogP) is 1.18. The van der Waals surface area contributed by atoms with Crippen molar-refractivity contribution >= 4 is 17.5 Å². The number of carbonyl (C=O) groups is 1. The van der Waals surface area contributed by atoms with Crippen LogP contribution < -0.4 is 10.5 Å². The molecule has 0 radical (unpaired) electrons. The van der Waals surface area contributed by atoms with Crippen LogP contribution in [0.15, 0.2) is 18.2 Å². The summed E-state index contributed by atoms with van der Waals surface area (Å²) in [5, 5.41) is 21.5. The molecule has 27 heavy (non-hydrogen) atoms. The van der Waals surface area contributed by atoms with Gasteiger partial charge in [-0.25, -0.2) is 0 Å². The number of ether oxygens (including phenoxy) is 2. The van der Waals surface area contributed by atoms with Crippen molar-refractivity contribution in [3.8, 4) is 5.75 Å². The fourth-order valence-corrected chi connectivity index (χ4v) is 4.06. The van der Waals surface area contributed by atoms with Crippen LogP contribution in [0.5, 0.6) is 5.75 Å². The van der Waals surface area contributed by atoms with Crippen molar-refractivity contribution in [1.29, 1.82) is 0 Å². The Kier molecular flexibility index (Phi) is 5.98. The zero-order chi connectivity index (χ0) is 19.7. The molecule has 2 aliphatic rings. The number of aliphatic hydroxyl groups excluding tert-OH is 1. The average molecular weight is 399 g/mol. The Bertz CT molecular complexity index is 689. The summed E-state index contributed by atoms with van der Waals surface area (Å²) < 4.78 is 11.5. The highest BCUT2D eigenvalue weighted by Gasteiger charge is 2.53. The van der Waals surface area contributed by atoms with Crippen LogP contribution in [0.25, 0.3) is 0 Å². The van der Waals surface area contributed by atoms with Crippen molar-refractivity contribution in [3.05, 3.63) is 28.8 Å². The number of rotatable bonds is 4. The van der Waals surface area contributed by atoms with Gasteiger partial charge in [-0.05, 0) is 38.0 Å². The molecule has 1 spiro atoms. The second-order valence-electron chi connectivity index (χ2n) is 7.49.